The predicted molar refractivity (Wildman–Crippen MR) is 139 cm³/mol. The molecule has 0 atom stereocenters. The Kier molecular flexibility index (Phi) is 6.66. The van der Waals surface area contributed by atoms with E-state index in [0.29, 0.717) is 34.6 Å². The fourth-order valence-corrected chi connectivity index (χ4v) is 3.97. The van der Waals surface area contributed by atoms with Gasteiger partial charge in [-0.15, -0.1) is 5.10 Å². The van der Waals surface area contributed by atoms with Crippen molar-refractivity contribution in [3.8, 4) is 17.2 Å². The molecule has 0 aliphatic rings. The first-order valence-corrected chi connectivity index (χ1v) is 11.8. The van der Waals surface area contributed by atoms with Crippen molar-refractivity contribution >= 4 is 33.4 Å². The minimum Gasteiger partial charge on any atom is -0.506 e. The largest absolute Gasteiger partial charge is 0.506 e. The van der Waals surface area contributed by atoms with Crippen molar-refractivity contribution in [2.45, 2.75) is 26.5 Å². The van der Waals surface area contributed by atoms with E-state index >= 15 is 0 Å². The van der Waals surface area contributed by atoms with E-state index in [1.807, 2.05) is 54.6 Å². The second kappa shape index (κ2) is 10.4. The Morgan fingerprint density at radius 1 is 0.944 bits per heavy atom. The Morgan fingerprint density at radius 2 is 1.69 bits per heavy atom. The lowest BCUT2D eigenvalue weighted by Gasteiger charge is -2.16. The second-order valence-electron chi connectivity index (χ2n) is 8.32. The van der Waals surface area contributed by atoms with Crippen LogP contribution >= 0.6 is 0 Å². The molecule has 0 saturated carbocycles. The minimum atomic E-state index is -0.471. The summed E-state index contributed by atoms with van der Waals surface area (Å²) in [5, 5.41) is 23.4. The number of aromatic nitrogens is 3. The molecule has 1 aromatic heterocycles. The van der Waals surface area contributed by atoms with Crippen molar-refractivity contribution < 1.29 is 19.4 Å². The fraction of sp³-hybridized carbons (Fsp3) is 0.179. The highest BCUT2D eigenvalue weighted by atomic mass is 16.5. The molecule has 0 radical (unpaired) electrons. The standard InChI is InChI=1S/C28H26N4O4/c1-2-3-16-35-25-15-9-7-13-23(25)29-28(34)21-17-26(19-10-4-5-11-20(19)27(21)33)36-18-32-24-14-8-6-12-22(24)30-31-32/h4-15,17,33H,2-3,16,18H2,1H3,(H,29,34). The molecule has 36 heavy (non-hydrogen) atoms. The quantitative estimate of drug-likeness (QED) is 0.259. The van der Waals surface area contributed by atoms with E-state index in [1.165, 1.54) is 0 Å². The first kappa shape index (κ1) is 23.2. The topological polar surface area (TPSA) is 98.5 Å². The number of nitrogens with zero attached hydrogens (tertiary/aromatic N) is 3. The average molecular weight is 483 g/mol. The number of hydrogen-bond donors (Lipinski definition) is 2. The number of anilines is 1. The highest BCUT2D eigenvalue weighted by Crippen LogP contribution is 2.37. The van der Waals surface area contributed by atoms with Crippen LogP contribution in [0.15, 0.2) is 78.9 Å². The van der Waals surface area contributed by atoms with Gasteiger partial charge in [-0.05, 0) is 36.8 Å². The summed E-state index contributed by atoms with van der Waals surface area (Å²) in [6, 6.07) is 23.6. The minimum absolute atomic E-state index is 0.0877. The van der Waals surface area contributed by atoms with Gasteiger partial charge in [-0.3, -0.25) is 4.79 Å². The van der Waals surface area contributed by atoms with Gasteiger partial charge in [0, 0.05) is 10.8 Å². The first-order valence-electron chi connectivity index (χ1n) is 11.8. The molecule has 182 valence electrons. The number of hydrogen-bond acceptors (Lipinski definition) is 6. The molecule has 0 saturated heterocycles. The van der Waals surface area contributed by atoms with Gasteiger partial charge < -0.3 is 19.9 Å². The Hall–Kier alpha value is -4.59. The predicted octanol–water partition coefficient (Wildman–Crippen LogP) is 5.76. The van der Waals surface area contributed by atoms with Gasteiger partial charge in [0.05, 0.1) is 23.4 Å². The van der Waals surface area contributed by atoms with Crippen molar-refractivity contribution in [1.82, 2.24) is 15.0 Å². The maximum absolute atomic E-state index is 13.3. The number of rotatable bonds is 9. The summed E-state index contributed by atoms with van der Waals surface area (Å²) < 4.78 is 13.6. The van der Waals surface area contributed by atoms with Crippen molar-refractivity contribution in [3.05, 3.63) is 84.4 Å². The lowest BCUT2D eigenvalue weighted by Crippen LogP contribution is -2.14. The number of amides is 1. The molecule has 2 N–H and O–H groups in total. The lowest BCUT2D eigenvalue weighted by atomic mass is 10.0. The third-order valence-corrected chi connectivity index (χ3v) is 5.88. The fourth-order valence-electron chi connectivity index (χ4n) is 3.97. The summed E-state index contributed by atoms with van der Waals surface area (Å²) >= 11 is 0. The molecule has 4 aromatic carbocycles. The molecule has 0 unspecified atom stereocenters. The number of para-hydroxylation sites is 3. The van der Waals surface area contributed by atoms with Gasteiger partial charge in [-0.25, -0.2) is 4.68 Å². The molecule has 8 nitrogen and oxygen atoms in total. The number of carbonyl (C=O) groups is 1. The van der Waals surface area contributed by atoms with Crippen LogP contribution in [0.3, 0.4) is 0 Å². The van der Waals surface area contributed by atoms with Crippen molar-refractivity contribution in [3.63, 3.8) is 0 Å². The van der Waals surface area contributed by atoms with Crippen LogP contribution in [0.2, 0.25) is 0 Å². The van der Waals surface area contributed by atoms with Gasteiger partial charge in [-0.1, -0.05) is 67.1 Å². The lowest BCUT2D eigenvalue weighted by molar-refractivity contribution is 0.102. The van der Waals surface area contributed by atoms with Crippen LogP contribution in [-0.2, 0) is 6.73 Å². The summed E-state index contributed by atoms with van der Waals surface area (Å²) in [7, 11) is 0. The first-order chi connectivity index (χ1) is 17.7. The van der Waals surface area contributed by atoms with E-state index in [-0.39, 0.29) is 18.0 Å². The number of carbonyl (C=O) groups excluding carboxylic acids is 1. The van der Waals surface area contributed by atoms with E-state index in [0.717, 1.165) is 23.9 Å². The molecule has 0 bridgehead atoms. The second-order valence-corrected chi connectivity index (χ2v) is 8.32. The summed E-state index contributed by atoms with van der Waals surface area (Å²) in [6.07, 6.45) is 1.92. The Morgan fingerprint density at radius 3 is 2.56 bits per heavy atom. The third kappa shape index (κ3) is 4.65. The molecule has 8 heteroatoms. The molecule has 1 amide bonds. The van der Waals surface area contributed by atoms with Crippen LogP contribution in [0.25, 0.3) is 21.8 Å². The molecule has 5 aromatic rings. The monoisotopic (exact) mass is 482 g/mol. The zero-order valence-corrected chi connectivity index (χ0v) is 19.8. The van der Waals surface area contributed by atoms with Crippen molar-refractivity contribution in [1.29, 1.82) is 0 Å². The number of phenolic OH excluding ortho intramolecular Hbond substituents is 1. The van der Waals surface area contributed by atoms with E-state index in [4.69, 9.17) is 9.47 Å². The normalized spacial score (nSPS) is 11.0. The van der Waals surface area contributed by atoms with Gasteiger partial charge in [0.15, 0.2) is 6.73 Å². The van der Waals surface area contributed by atoms with Crippen molar-refractivity contribution in [2.24, 2.45) is 0 Å². The molecule has 0 spiro atoms. The van der Waals surface area contributed by atoms with Gasteiger partial charge in [-0.2, -0.15) is 0 Å². The average Bonchev–Trinajstić information content (AvgIpc) is 3.32. The number of unbranched alkanes of at least 4 members (excludes halogenated alkanes) is 1. The van der Waals surface area contributed by atoms with Crippen LogP contribution in [0.4, 0.5) is 5.69 Å². The van der Waals surface area contributed by atoms with Crippen molar-refractivity contribution in [2.75, 3.05) is 11.9 Å². The highest BCUT2D eigenvalue weighted by molar-refractivity contribution is 6.11. The number of aromatic hydroxyl groups is 1. The molecular weight excluding hydrogens is 456 g/mol. The molecular formula is C28H26N4O4. The van der Waals surface area contributed by atoms with Gasteiger partial charge in [0.1, 0.15) is 22.8 Å². The molecule has 0 aliphatic carbocycles. The smallest absolute Gasteiger partial charge is 0.259 e. The van der Waals surface area contributed by atoms with E-state index in [2.05, 4.69) is 22.6 Å². The number of phenols is 1. The molecule has 0 aliphatic heterocycles. The summed E-state index contributed by atoms with van der Waals surface area (Å²) in [4.78, 5) is 13.3. The van der Waals surface area contributed by atoms with Gasteiger partial charge in [0.2, 0.25) is 0 Å². The maximum Gasteiger partial charge on any atom is 0.259 e. The summed E-state index contributed by atoms with van der Waals surface area (Å²) in [5.74, 6) is 0.432. The van der Waals surface area contributed by atoms with E-state index in [9.17, 15) is 9.90 Å². The van der Waals surface area contributed by atoms with Crippen LogP contribution < -0.4 is 14.8 Å². The Balaban J connectivity index is 1.45. The zero-order chi connectivity index (χ0) is 24.9. The van der Waals surface area contributed by atoms with Crippen LogP contribution in [0.5, 0.6) is 17.2 Å². The summed E-state index contributed by atoms with van der Waals surface area (Å²) in [5.41, 5.74) is 2.22. The Labute approximate surface area is 208 Å². The van der Waals surface area contributed by atoms with E-state index < -0.39 is 5.91 Å². The molecule has 0 fully saturated rings. The van der Waals surface area contributed by atoms with Crippen LogP contribution in [0, 0.1) is 0 Å². The maximum atomic E-state index is 13.3. The number of ether oxygens (including phenoxy) is 2. The number of benzene rings is 4. The molecule has 5 rings (SSSR count). The SMILES string of the molecule is CCCCOc1ccccc1NC(=O)c1cc(OCn2nnc3ccccc32)c2ccccc2c1O. The Bertz CT molecular complexity index is 1530. The zero-order valence-electron chi connectivity index (χ0n) is 19.8. The van der Waals surface area contributed by atoms with Crippen LogP contribution in [-0.4, -0.2) is 32.6 Å². The van der Waals surface area contributed by atoms with Gasteiger partial charge >= 0.3 is 0 Å². The number of fused-ring (bicyclic) bond motifs is 2. The number of nitrogens with one attached hydrogen (secondary N) is 1. The van der Waals surface area contributed by atoms with E-state index in [1.54, 1.807) is 28.9 Å². The highest BCUT2D eigenvalue weighted by Gasteiger charge is 2.19. The molecule has 1 heterocycles. The van der Waals surface area contributed by atoms with Gasteiger partial charge in [0.25, 0.3) is 5.91 Å². The summed E-state index contributed by atoms with van der Waals surface area (Å²) in [6.45, 7) is 2.73. The van der Waals surface area contributed by atoms with Crippen LogP contribution in [0.1, 0.15) is 30.1 Å². The third-order valence-electron chi connectivity index (χ3n) is 5.88.